The number of amides is 1. The van der Waals surface area contributed by atoms with Crippen LogP contribution >= 0.6 is 24.0 Å². The van der Waals surface area contributed by atoms with Crippen LogP contribution in [0.1, 0.15) is 25.3 Å². The Morgan fingerprint density at radius 1 is 1.26 bits per heavy atom. The lowest BCUT2D eigenvalue weighted by molar-refractivity contribution is 0.111. The van der Waals surface area contributed by atoms with E-state index in [2.05, 4.69) is 27.8 Å². The molecule has 0 bridgehead atoms. The summed E-state index contributed by atoms with van der Waals surface area (Å²) < 4.78 is 10.4. The number of piperidine rings is 1. The SMILES string of the molecule is CCNC(=NCCOCc1ccccc1)NC1CCN(C(=O)OC)CC1.I. The molecule has 0 aliphatic carbocycles. The molecule has 0 atom stereocenters. The van der Waals surface area contributed by atoms with Crippen molar-refractivity contribution in [2.75, 3.05) is 39.9 Å². The first-order valence-electron chi connectivity index (χ1n) is 9.22. The second-order valence-corrected chi connectivity index (χ2v) is 6.17. The molecule has 0 radical (unpaired) electrons. The predicted octanol–water partition coefficient (Wildman–Crippen LogP) is 2.61. The summed E-state index contributed by atoms with van der Waals surface area (Å²) >= 11 is 0. The highest BCUT2D eigenvalue weighted by atomic mass is 127. The van der Waals surface area contributed by atoms with Crippen LogP contribution in [0.5, 0.6) is 0 Å². The summed E-state index contributed by atoms with van der Waals surface area (Å²) in [6.45, 7) is 6.02. The van der Waals surface area contributed by atoms with Crippen LogP contribution in [0, 0.1) is 0 Å². The van der Waals surface area contributed by atoms with Crippen LogP contribution in [-0.4, -0.2) is 62.9 Å². The standard InChI is InChI=1S/C19H30N4O3.HI/c1-3-20-18(21-11-14-26-15-16-7-5-4-6-8-16)22-17-9-12-23(13-10-17)19(24)25-2;/h4-8,17H,3,9-15H2,1-2H3,(H2,20,21,22);1H. The lowest BCUT2D eigenvalue weighted by atomic mass is 10.1. The van der Waals surface area contributed by atoms with Gasteiger partial charge in [0.25, 0.3) is 0 Å². The van der Waals surface area contributed by atoms with E-state index in [0.29, 0.717) is 38.9 Å². The van der Waals surface area contributed by atoms with Crippen molar-refractivity contribution in [3.8, 4) is 0 Å². The molecule has 1 saturated heterocycles. The summed E-state index contributed by atoms with van der Waals surface area (Å²) in [5.41, 5.74) is 1.17. The molecule has 7 nitrogen and oxygen atoms in total. The van der Waals surface area contributed by atoms with Crippen LogP contribution in [0.25, 0.3) is 0 Å². The van der Waals surface area contributed by atoms with Crippen LogP contribution in [-0.2, 0) is 16.1 Å². The minimum Gasteiger partial charge on any atom is -0.453 e. The number of methoxy groups -OCH3 is 1. The molecule has 0 unspecified atom stereocenters. The van der Waals surface area contributed by atoms with E-state index in [9.17, 15) is 4.79 Å². The van der Waals surface area contributed by atoms with Crippen molar-refractivity contribution < 1.29 is 14.3 Å². The molecular weight excluding hydrogens is 459 g/mol. The summed E-state index contributed by atoms with van der Waals surface area (Å²) in [4.78, 5) is 17.8. The number of benzene rings is 1. The van der Waals surface area contributed by atoms with Crippen molar-refractivity contribution in [3.05, 3.63) is 35.9 Å². The average molecular weight is 490 g/mol. The summed E-state index contributed by atoms with van der Waals surface area (Å²) in [6, 6.07) is 10.4. The van der Waals surface area contributed by atoms with Gasteiger partial charge in [-0.25, -0.2) is 4.79 Å². The number of ether oxygens (including phenoxy) is 2. The fourth-order valence-electron chi connectivity index (χ4n) is 2.84. The number of aliphatic imine (C=N–C) groups is 1. The molecule has 27 heavy (non-hydrogen) atoms. The van der Waals surface area contributed by atoms with Gasteiger partial charge in [0, 0.05) is 25.7 Å². The first-order valence-corrected chi connectivity index (χ1v) is 9.22. The topological polar surface area (TPSA) is 75.2 Å². The molecule has 8 heteroatoms. The zero-order chi connectivity index (χ0) is 18.6. The smallest absolute Gasteiger partial charge is 0.409 e. The lowest BCUT2D eigenvalue weighted by Crippen LogP contribution is -2.49. The Hall–Kier alpha value is -1.55. The van der Waals surface area contributed by atoms with Gasteiger partial charge in [-0.3, -0.25) is 4.99 Å². The van der Waals surface area contributed by atoms with Crippen LogP contribution < -0.4 is 10.6 Å². The van der Waals surface area contributed by atoms with Crippen molar-refractivity contribution in [1.29, 1.82) is 0 Å². The third kappa shape index (κ3) is 8.79. The predicted molar refractivity (Wildman–Crippen MR) is 118 cm³/mol. The van der Waals surface area contributed by atoms with Crippen molar-refractivity contribution >= 4 is 36.0 Å². The van der Waals surface area contributed by atoms with Gasteiger partial charge in [0.15, 0.2) is 5.96 Å². The van der Waals surface area contributed by atoms with E-state index < -0.39 is 0 Å². The Kier molecular flexibility index (Phi) is 11.8. The summed E-state index contributed by atoms with van der Waals surface area (Å²) in [6.07, 6.45) is 1.51. The summed E-state index contributed by atoms with van der Waals surface area (Å²) in [5, 5.41) is 6.71. The van der Waals surface area contributed by atoms with Gasteiger partial charge < -0.3 is 25.0 Å². The van der Waals surface area contributed by atoms with E-state index in [1.807, 2.05) is 25.1 Å². The number of carbonyl (C=O) groups excluding carboxylic acids is 1. The van der Waals surface area contributed by atoms with Crippen molar-refractivity contribution in [1.82, 2.24) is 15.5 Å². The fourth-order valence-corrected chi connectivity index (χ4v) is 2.84. The summed E-state index contributed by atoms with van der Waals surface area (Å²) in [5.74, 6) is 0.798. The minimum absolute atomic E-state index is 0. The normalized spacial score (nSPS) is 15.0. The minimum atomic E-state index is -0.250. The average Bonchev–Trinajstić information content (AvgIpc) is 2.68. The molecule has 1 aliphatic heterocycles. The fraction of sp³-hybridized carbons (Fsp3) is 0.579. The highest BCUT2D eigenvalue weighted by Gasteiger charge is 2.23. The van der Waals surface area contributed by atoms with Crippen molar-refractivity contribution in [3.63, 3.8) is 0 Å². The molecule has 2 rings (SSSR count). The molecule has 2 N–H and O–H groups in total. The Balaban J connectivity index is 0.00000364. The Bertz CT molecular complexity index is 563. The third-order valence-electron chi connectivity index (χ3n) is 4.23. The second kappa shape index (κ2) is 13.6. The largest absolute Gasteiger partial charge is 0.453 e. The van der Waals surface area contributed by atoms with Gasteiger partial charge in [-0.2, -0.15) is 0 Å². The Morgan fingerprint density at radius 2 is 1.96 bits per heavy atom. The second-order valence-electron chi connectivity index (χ2n) is 6.17. The lowest BCUT2D eigenvalue weighted by Gasteiger charge is -2.32. The molecule has 1 heterocycles. The van der Waals surface area contributed by atoms with Gasteiger partial charge in [0.1, 0.15) is 0 Å². The van der Waals surface area contributed by atoms with Crippen LogP contribution in [0.4, 0.5) is 4.79 Å². The molecule has 1 amide bonds. The molecule has 0 spiro atoms. The quantitative estimate of drug-likeness (QED) is 0.266. The third-order valence-corrected chi connectivity index (χ3v) is 4.23. The summed E-state index contributed by atoms with van der Waals surface area (Å²) in [7, 11) is 1.42. The number of rotatable bonds is 7. The van der Waals surface area contributed by atoms with Gasteiger partial charge >= 0.3 is 6.09 Å². The number of carbonyl (C=O) groups is 1. The number of hydrogen-bond donors (Lipinski definition) is 2. The molecule has 1 aliphatic rings. The highest BCUT2D eigenvalue weighted by molar-refractivity contribution is 14.0. The van der Waals surface area contributed by atoms with Crippen molar-refractivity contribution in [2.45, 2.75) is 32.4 Å². The number of likely N-dealkylation sites (tertiary alicyclic amines) is 1. The zero-order valence-electron chi connectivity index (χ0n) is 16.1. The van der Waals surface area contributed by atoms with Gasteiger partial charge in [-0.15, -0.1) is 24.0 Å². The first kappa shape index (κ1) is 23.5. The molecule has 152 valence electrons. The number of guanidine groups is 1. The van der Waals surface area contributed by atoms with E-state index in [0.717, 1.165) is 25.3 Å². The molecular formula is C19H31IN4O3. The van der Waals surface area contributed by atoms with Gasteiger partial charge in [-0.05, 0) is 25.3 Å². The molecule has 0 aromatic heterocycles. The Labute approximate surface area is 178 Å². The van der Waals surface area contributed by atoms with Gasteiger partial charge in [0.2, 0.25) is 0 Å². The number of hydrogen-bond acceptors (Lipinski definition) is 4. The highest BCUT2D eigenvalue weighted by Crippen LogP contribution is 2.11. The number of halogens is 1. The van der Waals surface area contributed by atoms with Crippen molar-refractivity contribution in [2.24, 2.45) is 4.99 Å². The first-order chi connectivity index (χ1) is 12.7. The number of nitrogens with one attached hydrogen (secondary N) is 2. The van der Waals surface area contributed by atoms with Crippen LogP contribution in [0.3, 0.4) is 0 Å². The van der Waals surface area contributed by atoms with E-state index in [1.165, 1.54) is 12.7 Å². The Morgan fingerprint density at radius 3 is 2.59 bits per heavy atom. The zero-order valence-corrected chi connectivity index (χ0v) is 18.5. The van der Waals surface area contributed by atoms with E-state index in [-0.39, 0.29) is 30.1 Å². The molecule has 1 aromatic rings. The van der Waals surface area contributed by atoms with E-state index in [4.69, 9.17) is 9.47 Å². The molecule has 1 fully saturated rings. The monoisotopic (exact) mass is 490 g/mol. The maximum Gasteiger partial charge on any atom is 0.409 e. The van der Waals surface area contributed by atoms with Crippen LogP contribution in [0.15, 0.2) is 35.3 Å². The molecule has 1 aromatic carbocycles. The number of nitrogens with zero attached hydrogens (tertiary/aromatic N) is 2. The van der Waals surface area contributed by atoms with Gasteiger partial charge in [-0.1, -0.05) is 30.3 Å². The van der Waals surface area contributed by atoms with Crippen LogP contribution in [0.2, 0.25) is 0 Å². The maximum atomic E-state index is 11.5. The van der Waals surface area contributed by atoms with E-state index >= 15 is 0 Å². The van der Waals surface area contributed by atoms with Gasteiger partial charge in [0.05, 0.1) is 26.9 Å². The molecule has 0 saturated carbocycles. The van der Waals surface area contributed by atoms with E-state index in [1.54, 1.807) is 4.90 Å². The maximum absolute atomic E-state index is 11.5.